The van der Waals surface area contributed by atoms with Gasteiger partial charge in [-0.05, 0) is 17.2 Å². The topological polar surface area (TPSA) is 90.9 Å². The van der Waals surface area contributed by atoms with E-state index in [0.717, 1.165) is 40.0 Å². The third-order valence-corrected chi connectivity index (χ3v) is 5.23. The average molecular weight is 386 g/mol. The molecule has 5 rings (SSSR count). The van der Waals surface area contributed by atoms with Crippen LogP contribution >= 0.6 is 0 Å². The minimum Gasteiger partial charge on any atom is -0.376 e. The van der Waals surface area contributed by atoms with Gasteiger partial charge in [-0.1, -0.05) is 42.5 Å². The summed E-state index contributed by atoms with van der Waals surface area (Å²) >= 11 is 0. The molecule has 0 fully saturated rings. The van der Waals surface area contributed by atoms with Crippen LogP contribution in [0.15, 0.2) is 54.7 Å². The van der Waals surface area contributed by atoms with E-state index in [0.29, 0.717) is 32.3 Å². The predicted molar refractivity (Wildman–Crippen MR) is 112 cm³/mol. The van der Waals surface area contributed by atoms with Crippen molar-refractivity contribution in [3.8, 4) is 5.95 Å². The summed E-state index contributed by atoms with van der Waals surface area (Å²) in [4.78, 5) is 9.63. The highest BCUT2D eigenvalue weighted by Crippen LogP contribution is 2.26. The lowest BCUT2D eigenvalue weighted by Gasteiger charge is -2.20. The van der Waals surface area contributed by atoms with Gasteiger partial charge < -0.3 is 15.8 Å². The summed E-state index contributed by atoms with van der Waals surface area (Å²) in [6, 6.07) is 16.3. The first-order valence-corrected chi connectivity index (χ1v) is 9.75. The predicted octanol–water partition coefficient (Wildman–Crippen LogP) is 2.96. The number of hydrogen-bond donors (Lipinski definition) is 2. The molecule has 3 heterocycles. The van der Waals surface area contributed by atoms with Gasteiger partial charge in [-0.2, -0.15) is 14.8 Å². The van der Waals surface area contributed by atoms with Crippen molar-refractivity contribution in [2.75, 3.05) is 11.9 Å². The highest BCUT2D eigenvalue weighted by Gasteiger charge is 2.20. The Kier molecular flexibility index (Phi) is 4.67. The number of nitrogens with one attached hydrogen (secondary N) is 1. The number of aromatic nitrogens is 4. The molecule has 146 valence electrons. The fourth-order valence-electron chi connectivity index (χ4n) is 3.69. The Hall–Kier alpha value is -3.29. The van der Waals surface area contributed by atoms with Crippen LogP contribution in [0, 0.1) is 0 Å². The third-order valence-electron chi connectivity index (χ3n) is 5.23. The fourth-order valence-corrected chi connectivity index (χ4v) is 3.69. The smallest absolute Gasteiger partial charge is 0.253 e. The van der Waals surface area contributed by atoms with E-state index in [1.165, 1.54) is 5.56 Å². The molecule has 0 amide bonds. The van der Waals surface area contributed by atoms with Crippen LogP contribution in [0.4, 0.5) is 5.82 Å². The number of anilines is 1. The van der Waals surface area contributed by atoms with Crippen LogP contribution in [0.3, 0.4) is 0 Å². The molecule has 7 nitrogen and oxygen atoms in total. The van der Waals surface area contributed by atoms with E-state index in [2.05, 4.69) is 22.5 Å². The van der Waals surface area contributed by atoms with Crippen LogP contribution in [0.5, 0.6) is 0 Å². The third kappa shape index (κ3) is 3.35. The van der Waals surface area contributed by atoms with Crippen LogP contribution in [0.2, 0.25) is 0 Å². The van der Waals surface area contributed by atoms with Gasteiger partial charge in [0.15, 0.2) is 0 Å². The van der Waals surface area contributed by atoms with Gasteiger partial charge in [0.05, 0.1) is 30.6 Å². The lowest BCUT2D eigenvalue weighted by Crippen LogP contribution is -2.19. The van der Waals surface area contributed by atoms with Gasteiger partial charge in [0.2, 0.25) is 0 Å². The molecule has 0 bridgehead atoms. The van der Waals surface area contributed by atoms with E-state index < -0.39 is 0 Å². The number of fused-ring (bicyclic) bond motifs is 2. The summed E-state index contributed by atoms with van der Waals surface area (Å²) in [5, 5.41) is 9.06. The summed E-state index contributed by atoms with van der Waals surface area (Å²) in [5.41, 5.74) is 11.1. The van der Waals surface area contributed by atoms with Crippen molar-refractivity contribution in [2.45, 2.75) is 26.1 Å². The molecule has 0 aliphatic carbocycles. The normalized spacial score (nSPS) is 13.4. The number of nitrogens with zero attached hydrogens (tertiary/aromatic N) is 4. The van der Waals surface area contributed by atoms with Crippen LogP contribution in [-0.4, -0.2) is 26.4 Å². The molecule has 1 aliphatic rings. The Morgan fingerprint density at radius 3 is 2.83 bits per heavy atom. The highest BCUT2D eigenvalue weighted by molar-refractivity contribution is 5.83. The van der Waals surface area contributed by atoms with Gasteiger partial charge in [-0.15, -0.1) is 0 Å². The molecular weight excluding hydrogens is 364 g/mol. The number of nitrogens with two attached hydrogens (primary N) is 1. The molecule has 4 aromatic rings. The van der Waals surface area contributed by atoms with Gasteiger partial charge in [0.25, 0.3) is 5.95 Å². The van der Waals surface area contributed by atoms with E-state index >= 15 is 0 Å². The Morgan fingerprint density at radius 1 is 1.07 bits per heavy atom. The van der Waals surface area contributed by atoms with E-state index in [1.807, 2.05) is 42.6 Å². The summed E-state index contributed by atoms with van der Waals surface area (Å²) in [7, 11) is 0. The molecule has 2 aromatic heterocycles. The Balaban J connectivity index is 1.57. The first kappa shape index (κ1) is 17.8. The zero-order valence-electron chi connectivity index (χ0n) is 16.0. The fraction of sp³-hybridized carbons (Fsp3) is 0.227. The van der Waals surface area contributed by atoms with Crippen molar-refractivity contribution in [3.63, 3.8) is 0 Å². The van der Waals surface area contributed by atoms with Gasteiger partial charge in [-0.25, -0.2) is 4.98 Å². The Labute approximate surface area is 168 Å². The molecule has 29 heavy (non-hydrogen) atoms. The second-order valence-corrected chi connectivity index (χ2v) is 7.05. The largest absolute Gasteiger partial charge is 0.376 e. The molecular formula is C22H22N6O. The molecule has 0 atom stereocenters. The summed E-state index contributed by atoms with van der Waals surface area (Å²) < 4.78 is 7.45. The maximum absolute atomic E-state index is 5.88. The molecule has 1 aliphatic heterocycles. The zero-order chi connectivity index (χ0) is 19.6. The standard InChI is InChI=1S/C22H22N6O/c23-11-16-7-4-8-20-17(16)13-25-28(20)22-26-19-9-10-29-14-18(19)21(27-22)24-12-15-5-2-1-3-6-15/h1-8,13H,9-12,14,23H2,(H,24,26,27). The maximum Gasteiger partial charge on any atom is 0.253 e. The lowest BCUT2D eigenvalue weighted by atomic mass is 10.1. The van der Waals surface area contributed by atoms with Gasteiger partial charge >= 0.3 is 0 Å². The van der Waals surface area contributed by atoms with Crippen molar-refractivity contribution in [1.82, 2.24) is 19.7 Å². The molecule has 0 spiro atoms. The molecule has 3 N–H and O–H groups in total. The molecule has 2 aromatic carbocycles. The summed E-state index contributed by atoms with van der Waals surface area (Å²) in [6.07, 6.45) is 2.60. The van der Waals surface area contributed by atoms with Crippen molar-refractivity contribution in [1.29, 1.82) is 0 Å². The van der Waals surface area contributed by atoms with E-state index in [9.17, 15) is 0 Å². The van der Waals surface area contributed by atoms with Crippen molar-refractivity contribution in [2.24, 2.45) is 5.73 Å². The van der Waals surface area contributed by atoms with Crippen molar-refractivity contribution >= 4 is 16.7 Å². The first-order valence-electron chi connectivity index (χ1n) is 9.75. The number of ether oxygens (including phenoxy) is 1. The van der Waals surface area contributed by atoms with Crippen LogP contribution in [0.25, 0.3) is 16.9 Å². The number of benzene rings is 2. The van der Waals surface area contributed by atoms with Crippen LogP contribution in [-0.2, 0) is 30.9 Å². The quantitative estimate of drug-likeness (QED) is 0.548. The van der Waals surface area contributed by atoms with Crippen LogP contribution in [0.1, 0.15) is 22.4 Å². The van der Waals surface area contributed by atoms with Gasteiger partial charge in [0.1, 0.15) is 5.82 Å². The molecule has 0 radical (unpaired) electrons. The molecule has 0 unspecified atom stereocenters. The Bertz CT molecular complexity index is 1150. The number of hydrogen-bond acceptors (Lipinski definition) is 6. The second-order valence-electron chi connectivity index (χ2n) is 7.05. The summed E-state index contributed by atoms with van der Waals surface area (Å²) in [6.45, 7) is 2.33. The lowest BCUT2D eigenvalue weighted by molar-refractivity contribution is 0.109. The number of rotatable bonds is 5. The van der Waals surface area contributed by atoms with Gasteiger partial charge in [-0.3, -0.25) is 0 Å². The zero-order valence-corrected chi connectivity index (χ0v) is 16.0. The highest BCUT2D eigenvalue weighted by atomic mass is 16.5. The van der Waals surface area contributed by atoms with Gasteiger partial charge in [0, 0.05) is 30.5 Å². The monoisotopic (exact) mass is 386 g/mol. The average Bonchev–Trinajstić information content (AvgIpc) is 3.22. The first-order chi connectivity index (χ1) is 14.3. The molecule has 7 heteroatoms. The second kappa shape index (κ2) is 7.62. The molecule has 0 saturated heterocycles. The Morgan fingerprint density at radius 2 is 1.97 bits per heavy atom. The molecule has 0 saturated carbocycles. The minimum absolute atomic E-state index is 0.468. The maximum atomic E-state index is 5.88. The van der Waals surface area contributed by atoms with Crippen LogP contribution < -0.4 is 11.1 Å². The van der Waals surface area contributed by atoms with E-state index in [4.69, 9.17) is 20.4 Å². The van der Waals surface area contributed by atoms with E-state index in [1.54, 1.807) is 4.68 Å². The SMILES string of the molecule is NCc1cccc2c1cnn2-c1nc2c(c(NCc3ccccc3)n1)COCC2. The van der Waals surface area contributed by atoms with E-state index in [-0.39, 0.29) is 0 Å². The summed E-state index contributed by atoms with van der Waals surface area (Å²) in [5.74, 6) is 1.36. The van der Waals surface area contributed by atoms with Crippen molar-refractivity contribution < 1.29 is 4.74 Å². The minimum atomic E-state index is 0.468. The van der Waals surface area contributed by atoms with Crippen molar-refractivity contribution in [3.05, 3.63) is 77.1 Å².